The van der Waals surface area contributed by atoms with Crippen LogP contribution in [0.15, 0.2) is 12.1 Å². The second-order valence-electron chi connectivity index (χ2n) is 5.75. The molecular formula is C16H23Cl2NO2. The number of rotatable bonds is 5. The highest BCUT2D eigenvalue weighted by atomic mass is 35.5. The first kappa shape index (κ1) is 16.9. The summed E-state index contributed by atoms with van der Waals surface area (Å²) in [7, 11) is 0. The van der Waals surface area contributed by atoms with Crippen LogP contribution in [0.5, 0.6) is 5.75 Å². The summed E-state index contributed by atoms with van der Waals surface area (Å²) in [4.78, 5) is 2.43. The topological polar surface area (TPSA) is 21.7 Å². The zero-order chi connectivity index (χ0) is 15.4. The molecule has 0 bridgehead atoms. The lowest BCUT2D eigenvalue weighted by atomic mass is 10.2. The summed E-state index contributed by atoms with van der Waals surface area (Å²) in [6.07, 6.45) is 1.59. The molecule has 5 heteroatoms. The monoisotopic (exact) mass is 331 g/mol. The summed E-state index contributed by atoms with van der Waals surface area (Å²) in [5.41, 5.74) is 0.973. The number of aryl methyl sites for hydroxylation is 1. The Morgan fingerprint density at radius 3 is 2.52 bits per heavy atom. The van der Waals surface area contributed by atoms with Gasteiger partial charge in [-0.3, -0.25) is 4.90 Å². The summed E-state index contributed by atoms with van der Waals surface area (Å²) in [5, 5.41) is 1.22. The molecule has 0 amide bonds. The molecule has 0 spiro atoms. The van der Waals surface area contributed by atoms with Crippen molar-refractivity contribution in [2.75, 3.05) is 26.2 Å². The van der Waals surface area contributed by atoms with Crippen LogP contribution in [0.3, 0.4) is 0 Å². The van der Waals surface area contributed by atoms with Gasteiger partial charge in [0.1, 0.15) is 5.75 Å². The van der Waals surface area contributed by atoms with E-state index in [1.54, 1.807) is 6.07 Å². The van der Waals surface area contributed by atoms with Crippen LogP contribution in [0.1, 0.15) is 25.8 Å². The quantitative estimate of drug-likeness (QED) is 0.755. The minimum atomic E-state index is 0.308. The summed E-state index contributed by atoms with van der Waals surface area (Å²) in [6.45, 7) is 9.85. The van der Waals surface area contributed by atoms with E-state index in [0.29, 0.717) is 28.9 Å². The van der Waals surface area contributed by atoms with E-state index in [1.807, 2.05) is 13.0 Å². The highest BCUT2D eigenvalue weighted by molar-refractivity contribution is 6.35. The number of halogens is 2. The van der Waals surface area contributed by atoms with E-state index in [-0.39, 0.29) is 0 Å². The molecule has 0 saturated carbocycles. The van der Waals surface area contributed by atoms with Gasteiger partial charge in [-0.05, 0) is 44.9 Å². The van der Waals surface area contributed by atoms with Crippen molar-refractivity contribution in [1.82, 2.24) is 4.90 Å². The number of morpholine rings is 1. The first-order valence-corrected chi connectivity index (χ1v) is 8.17. The molecule has 1 fully saturated rings. The van der Waals surface area contributed by atoms with E-state index in [9.17, 15) is 0 Å². The van der Waals surface area contributed by atoms with Gasteiger partial charge in [0.25, 0.3) is 0 Å². The van der Waals surface area contributed by atoms with Crippen LogP contribution in [0.25, 0.3) is 0 Å². The smallest absolute Gasteiger partial charge is 0.140 e. The van der Waals surface area contributed by atoms with Gasteiger partial charge in [0.05, 0.1) is 23.8 Å². The second kappa shape index (κ2) is 7.68. The molecule has 1 aromatic carbocycles. The first-order chi connectivity index (χ1) is 9.95. The zero-order valence-corrected chi connectivity index (χ0v) is 14.4. The van der Waals surface area contributed by atoms with Gasteiger partial charge in [-0.1, -0.05) is 23.2 Å². The fourth-order valence-electron chi connectivity index (χ4n) is 2.80. The van der Waals surface area contributed by atoms with Crippen molar-refractivity contribution in [3.8, 4) is 5.75 Å². The van der Waals surface area contributed by atoms with Gasteiger partial charge in [0, 0.05) is 24.7 Å². The summed E-state index contributed by atoms with van der Waals surface area (Å²) in [5.74, 6) is 0.741. The lowest BCUT2D eigenvalue weighted by molar-refractivity contribution is -0.0686. The van der Waals surface area contributed by atoms with E-state index in [2.05, 4.69) is 18.7 Å². The van der Waals surface area contributed by atoms with Crippen LogP contribution < -0.4 is 4.74 Å². The van der Waals surface area contributed by atoms with Crippen molar-refractivity contribution in [3.05, 3.63) is 27.7 Å². The predicted molar refractivity (Wildman–Crippen MR) is 87.8 cm³/mol. The van der Waals surface area contributed by atoms with Crippen molar-refractivity contribution < 1.29 is 9.47 Å². The maximum absolute atomic E-state index is 6.16. The molecule has 1 aliphatic rings. The van der Waals surface area contributed by atoms with Gasteiger partial charge in [-0.25, -0.2) is 0 Å². The second-order valence-corrected chi connectivity index (χ2v) is 6.60. The highest BCUT2D eigenvalue weighted by Gasteiger charge is 2.21. The molecule has 1 aromatic rings. The molecule has 0 unspecified atom stereocenters. The molecule has 2 atom stereocenters. The van der Waals surface area contributed by atoms with Gasteiger partial charge in [0.15, 0.2) is 0 Å². The molecule has 21 heavy (non-hydrogen) atoms. The molecule has 2 rings (SSSR count). The summed E-state index contributed by atoms with van der Waals surface area (Å²) < 4.78 is 11.6. The maximum Gasteiger partial charge on any atom is 0.140 e. The fourth-order valence-corrected chi connectivity index (χ4v) is 3.45. The Bertz CT molecular complexity index is 448. The number of hydrogen-bond donors (Lipinski definition) is 0. The van der Waals surface area contributed by atoms with Crippen molar-refractivity contribution in [3.63, 3.8) is 0 Å². The number of hydrogen-bond acceptors (Lipinski definition) is 3. The van der Waals surface area contributed by atoms with Crippen LogP contribution in [0.2, 0.25) is 10.0 Å². The molecule has 0 radical (unpaired) electrons. The summed E-state index contributed by atoms with van der Waals surface area (Å²) >= 11 is 12.1. The van der Waals surface area contributed by atoms with E-state index in [4.69, 9.17) is 32.7 Å². The van der Waals surface area contributed by atoms with Gasteiger partial charge in [-0.2, -0.15) is 0 Å². The molecule has 0 aliphatic carbocycles. The Balaban J connectivity index is 1.77. The van der Waals surface area contributed by atoms with Crippen molar-refractivity contribution in [2.45, 2.75) is 39.4 Å². The van der Waals surface area contributed by atoms with E-state index in [1.165, 1.54) is 0 Å². The molecule has 118 valence electrons. The molecule has 1 saturated heterocycles. The van der Waals surface area contributed by atoms with Gasteiger partial charge >= 0.3 is 0 Å². The highest BCUT2D eigenvalue weighted by Crippen LogP contribution is 2.31. The molecule has 0 aromatic heterocycles. The third-order valence-electron chi connectivity index (χ3n) is 3.55. The normalized spacial score (nSPS) is 23.3. The van der Waals surface area contributed by atoms with Gasteiger partial charge < -0.3 is 9.47 Å². The lowest BCUT2D eigenvalue weighted by Crippen LogP contribution is -2.45. The summed E-state index contributed by atoms with van der Waals surface area (Å²) in [6, 6.07) is 3.59. The molecule has 0 N–H and O–H groups in total. The van der Waals surface area contributed by atoms with Crippen molar-refractivity contribution in [1.29, 1.82) is 0 Å². The number of ether oxygens (including phenoxy) is 2. The predicted octanol–water partition coefficient (Wildman–Crippen LogP) is 4.18. The minimum Gasteiger partial charge on any atom is -0.492 e. The van der Waals surface area contributed by atoms with Crippen LogP contribution in [-0.2, 0) is 4.74 Å². The van der Waals surface area contributed by atoms with Gasteiger partial charge in [-0.15, -0.1) is 0 Å². The standard InChI is InChI=1S/C16H23Cl2NO2/c1-11-7-14(17)8-15(18)16(11)20-6-4-5-19-9-12(2)21-13(3)10-19/h7-8,12-13H,4-6,9-10H2,1-3H3/t12-,13+. The van der Waals surface area contributed by atoms with Crippen LogP contribution in [0, 0.1) is 6.92 Å². The van der Waals surface area contributed by atoms with Crippen LogP contribution in [-0.4, -0.2) is 43.3 Å². The number of nitrogens with zero attached hydrogens (tertiary/aromatic N) is 1. The Labute approximate surface area is 137 Å². The Hall–Kier alpha value is -0.480. The Kier molecular flexibility index (Phi) is 6.18. The van der Waals surface area contributed by atoms with E-state index >= 15 is 0 Å². The molecule has 1 heterocycles. The molecule has 1 aliphatic heterocycles. The minimum absolute atomic E-state index is 0.308. The van der Waals surface area contributed by atoms with Crippen molar-refractivity contribution >= 4 is 23.2 Å². The third-order valence-corrected chi connectivity index (χ3v) is 4.05. The lowest BCUT2D eigenvalue weighted by Gasteiger charge is -2.35. The maximum atomic E-state index is 6.16. The SMILES string of the molecule is Cc1cc(Cl)cc(Cl)c1OCCCN1C[C@@H](C)O[C@@H](C)C1. The van der Waals surface area contributed by atoms with Crippen LogP contribution >= 0.6 is 23.2 Å². The third kappa shape index (κ3) is 5.03. The zero-order valence-electron chi connectivity index (χ0n) is 12.9. The van der Waals surface area contributed by atoms with Gasteiger partial charge in [0.2, 0.25) is 0 Å². The average Bonchev–Trinajstić information content (AvgIpc) is 2.35. The van der Waals surface area contributed by atoms with E-state index in [0.717, 1.165) is 37.4 Å². The average molecular weight is 332 g/mol. The van der Waals surface area contributed by atoms with E-state index < -0.39 is 0 Å². The Morgan fingerprint density at radius 2 is 1.90 bits per heavy atom. The molecular weight excluding hydrogens is 309 g/mol. The largest absolute Gasteiger partial charge is 0.492 e. The first-order valence-electron chi connectivity index (χ1n) is 7.42. The van der Waals surface area contributed by atoms with Crippen LogP contribution in [0.4, 0.5) is 0 Å². The van der Waals surface area contributed by atoms with Crippen molar-refractivity contribution in [2.24, 2.45) is 0 Å². The molecule has 3 nitrogen and oxygen atoms in total. The fraction of sp³-hybridized carbons (Fsp3) is 0.625. The number of benzene rings is 1. The Morgan fingerprint density at radius 1 is 1.24 bits per heavy atom.